The zero-order chi connectivity index (χ0) is 16.3. The van der Waals surface area contributed by atoms with Crippen molar-refractivity contribution >= 4 is 23.3 Å². The molecule has 2 aromatic rings. The Bertz CT molecular complexity index is 791. The molecule has 112 valence electrons. The van der Waals surface area contributed by atoms with E-state index in [-0.39, 0.29) is 22.7 Å². The average Bonchev–Trinajstić information content (AvgIpc) is 2.47. The predicted molar refractivity (Wildman–Crippen MR) is 75.1 cm³/mol. The van der Waals surface area contributed by atoms with Crippen LogP contribution in [0.2, 0.25) is 0 Å². The van der Waals surface area contributed by atoms with Crippen LogP contribution in [0.25, 0.3) is 0 Å². The Balaban J connectivity index is 2.36. The van der Waals surface area contributed by atoms with E-state index in [0.29, 0.717) is 0 Å². The third-order valence-electron chi connectivity index (χ3n) is 2.70. The largest absolute Gasteiger partial charge is 0.507 e. The molecule has 0 atom stereocenters. The minimum Gasteiger partial charge on any atom is -0.507 e. The number of hydrogen-bond donors (Lipinski definition) is 1. The number of aliphatic imine (C=N–C) groups is 1. The summed E-state index contributed by atoms with van der Waals surface area (Å²) in [5.74, 6) is -1.24. The quantitative estimate of drug-likeness (QED) is 0.528. The van der Waals surface area contributed by atoms with E-state index in [4.69, 9.17) is 0 Å². The van der Waals surface area contributed by atoms with Crippen LogP contribution in [0.4, 0.5) is 21.5 Å². The zero-order valence-electron chi connectivity index (χ0n) is 10.8. The first-order chi connectivity index (χ1) is 10.4. The number of phenolic OH excluding ortho intramolecular Hbond substituents is 1. The molecule has 2 aromatic carbocycles. The van der Waals surface area contributed by atoms with E-state index in [2.05, 4.69) is 4.99 Å². The van der Waals surface area contributed by atoms with Crippen molar-refractivity contribution in [2.45, 2.75) is 0 Å². The van der Waals surface area contributed by atoms with Gasteiger partial charge in [0.1, 0.15) is 5.75 Å². The number of nitro groups is 2. The Morgan fingerprint density at radius 1 is 1.09 bits per heavy atom. The van der Waals surface area contributed by atoms with Crippen LogP contribution < -0.4 is 0 Å². The van der Waals surface area contributed by atoms with Crippen molar-refractivity contribution in [1.82, 2.24) is 0 Å². The Hall–Kier alpha value is -3.36. The van der Waals surface area contributed by atoms with Gasteiger partial charge in [0, 0.05) is 30.0 Å². The standard InChI is InChI=1S/C13H8FN3O5/c14-11-3-1-9(6-12(11)17(21)22)15-7-8-5-10(16(19)20)2-4-13(8)18/h1-7,18H. The van der Waals surface area contributed by atoms with Crippen LogP contribution in [-0.2, 0) is 0 Å². The topological polar surface area (TPSA) is 119 Å². The number of phenols is 1. The summed E-state index contributed by atoms with van der Waals surface area (Å²) in [5, 5.41) is 30.9. The van der Waals surface area contributed by atoms with Crippen molar-refractivity contribution in [2.24, 2.45) is 4.99 Å². The number of nitro benzene ring substituents is 2. The number of hydrogen-bond acceptors (Lipinski definition) is 6. The van der Waals surface area contributed by atoms with Gasteiger partial charge in [-0.25, -0.2) is 0 Å². The van der Waals surface area contributed by atoms with Crippen molar-refractivity contribution in [3.8, 4) is 5.75 Å². The monoisotopic (exact) mass is 305 g/mol. The van der Waals surface area contributed by atoms with Crippen LogP contribution in [0.5, 0.6) is 5.75 Å². The maximum atomic E-state index is 13.2. The average molecular weight is 305 g/mol. The number of non-ortho nitro benzene ring substituents is 1. The molecule has 0 heterocycles. The van der Waals surface area contributed by atoms with E-state index >= 15 is 0 Å². The van der Waals surface area contributed by atoms with Crippen molar-refractivity contribution < 1.29 is 19.3 Å². The van der Waals surface area contributed by atoms with E-state index in [0.717, 1.165) is 36.5 Å². The van der Waals surface area contributed by atoms with Gasteiger partial charge < -0.3 is 5.11 Å². The molecule has 2 rings (SSSR count). The molecule has 0 aromatic heterocycles. The van der Waals surface area contributed by atoms with Crippen LogP contribution in [0.3, 0.4) is 0 Å². The second-order valence-electron chi connectivity index (χ2n) is 4.15. The molecule has 9 heteroatoms. The van der Waals surface area contributed by atoms with Gasteiger partial charge >= 0.3 is 5.69 Å². The molecule has 1 N–H and O–H groups in total. The highest BCUT2D eigenvalue weighted by Crippen LogP contribution is 2.25. The molecule has 0 saturated heterocycles. The van der Waals surface area contributed by atoms with E-state index in [1.807, 2.05) is 0 Å². The molecule has 0 aliphatic heterocycles. The van der Waals surface area contributed by atoms with Gasteiger partial charge in [0.05, 0.1) is 15.5 Å². The minimum absolute atomic E-state index is 0.0566. The molecular weight excluding hydrogens is 297 g/mol. The molecule has 0 spiro atoms. The van der Waals surface area contributed by atoms with Gasteiger partial charge in [0.15, 0.2) is 0 Å². The third-order valence-corrected chi connectivity index (χ3v) is 2.70. The van der Waals surface area contributed by atoms with Gasteiger partial charge in [0.25, 0.3) is 5.69 Å². The SMILES string of the molecule is O=[N+]([O-])c1ccc(O)c(C=Nc2ccc(F)c([N+](=O)[O-])c2)c1. The molecule has 0 aliphatic carbocycles. The number of nitrogens with zero attached hydrogens (tertiary/aromatic N) is 3. The first-order valence-electron chi connectivity index (χ1n) is 5.84. The molecular formula is C13H8FN3O5. The predicted octanol–water partition coefficient (Wildman–Crippen LogP) is 3.10. The minimum atomic E-state index is -0.998. The van der Waals surface area contributed by atoms with Gasteiger partial charge in [-0.2, -0.15) is 4.39 Å². The zero-order valence-corrected chi connectivity index (χ0v) is 10.8. The number of benzene rings is 2. The Kier molecular flexibility index (Phi) is 4.07. The maximum absolute atomic E-state index is 13.2. The van der Waals surface area contributed by atoms with Gasteiger partial charge in [-0.3, -0.25) is 25.2 Å². The van der Waals surface area contributed by atoms with Crippen LogP contribution in [-0.4, -0.2) is 21.2 Å². The summed E-state index contributed by atoms with van der Waals surface area (Å²) in [7, 11) is 0. The van der Waals surface area contributed by atoms with Crippen molar-refractivity contribution in [2.75, 3.05) is 0 Å². The molecule has 8 nitrogen and oxygen atoms in total. The van der Waals surface area contributed by atoms with Crippen molar-refractivity contribution in [3.05, 3.63) is 68.0 Å². The summed E-state index contributed by atoms with van der Waals surface area (Å²) < 4.78 is 13.2. The summed E-state index contributed by atoms with van der Waals surface area (Å²) in [6.45, 7) is 0. The van der Waals surface area contributed by atoms with E-state index in [1.165, 1.54) is 6.07 Å². The molecule has 0 fully saturated rings. The summed E-state index contributed by atoms with van der Waals surface area (Å²) in [5.41, 5.74) is -0.859. The summed E-state index contributed by atoms with van der Waals surface area (Å²) in [6, 6.07) is 6.35. The van der Waals surface area contributed by atoms with Crippen LogP contribution in [0, 0.1) is 26.0 Å². The Labute approximate surface area is 122 Å². The maximum Gasteiger partial charge on any atom is 0.306 e. The molecule has 0 bridgehead atoms. The second-order valence-corrected chi connectivity index (χ2v) is 4.15. The fraction of sp³-hybridized carbons (Fsp3) is 0. The second kappa shape index (κ2) is 5.95. The molecule has 0 unspecified atom stereocenters. The first-order valence-corrected chi connectivity index (χ1v) is 5.84. The smallest absolute Gasteiger partial charge is 0.306 e. The van der Waals surface area contributed by atoms with Gasteiger partial charge in [-0.1, -0.05) is 0 Å². The van der Waals surface area contributed by atoms with Crippen molar-refractivity contribution in [3.63, 3.8) is 0 Å². The normalized spacial score (nSPS) is 10.8. The summed E-state index contributed by atoms with van der Waals surface area (Å²) >= 11 is 0. The summed E-state index contributed by atoms with van der Waals surface area (Å²) in [4.78, 5) is 23.6. The first kappa shape index (κ1) is 15.0. The molecule has 0 radical (unpaired) electrons. The highest BCUT2D eigenvalue weighted by Gasteiger charge is 2.14. The van der Waals surface area contributed by atoms with Gasteiger partial charge in [0.2, 0.25) is 5.82 Å². The van der Waals surface area contributed by atoms with Gasteiger partial charge in [-0.05, 0) is 18.2 Å². The van der Waals surface area contributed by atoms with E-state index in [1.54, 1.807) is 0 Å². The van der Waals surface area contributed by atoms with Crippen LogP contribution in [0.15, 0.2) is 41.4 Å². The molecule has 0 amide bonds. The van der Waals surface area contributed by atoms with Crippen LogP contribution >= 0.6 is 0 Å². The Morgan fingerprint density at radius 2 is 1.82 bits per heavy atom. The molecule has 0 saturated carbocycles. The fourth-order valence-corrected chi connectivity index (χ4v) is 1.62. The molecule has 0 aliphatic rings. The van der Waals surface area contributed by atoms with E-state index < -0.39 is 21.4 Å². The highest BCUT2D eigenvalue weighted by atomic mass is 19.1. The Morgan fingerprint density at radius 3 is 2.45 bits per heavy atom. The number of rotatable bonds is 4. The number of aromatic hydroxyl groups is 1. The third kappa shape index (κ3) is 3.20. The van der Waals surface area contributed by atoms with Crippen molar-refractivity contribution in [1.29, 1.82) is 0 Å². The number of halogens is 1. The van der Waals surface area contributed by atoms with E-state index in [9.17, 15) is 29.7 Å². The highest BCUT2D eigenvalue weighted by molar-refractivity contribution is 5.86. The lowest BCUT2D eigenvalue weighted by atomic mass is 10.2. The lowest BCUT2D eigenvalue weighted by molar-refractivity contribution is -0.387. The molecule has 22 heavy (non-hydrogen) atoms. The fourth-order valence-electron chi connectivity index (χ4n) is 1.62. The van der Waals surface area contributed by atoms with Crippen LogP contribution in [0.1, 0.15) is 5.56 Å². The lowest BCUT2D eigenvalue weighted by Gasteiger charge is -1.99. The van der Waals surface area contributed by atoms with Gasteiger partial charge in [-0.15, -0.1) is 0 Å². The summed E-state index contributed by atoms with van der Waals surface area (Å²) in [6.07, 6.45) is 1.10. The lowest BCUT2D eigenvalue weighted by Crippen LogP contribution is -1.92.